The summed E-state index contributed by atoms with van der Waals surface area (Å²) < 4.78 is 0. The number of allylic oxidation sites excluding steroid dienone is 2. The predicted octanol–water partition coefficient (Wildman–Crippen LogP) is 2.00. The zero-order chi connectivity index (χ0) is 15.6. The highest BCUT2D eigenvalue weighted by Crippen LogP contribution is 2.53. The molecule has 1 saturated carbocycles. The van der Waals surface area contributed by atoms with E-state index in [0.717, 1.165) is 12.0 Å². The van der Waals surface area contributed by atoms with Gasteiger partial charge in [-0.05, 0) is 42.9 Å². The number of imide groups is 1. The number of amides is 2. The van der Waals surface area contributed by atoms with Crippen LogP contribution in [0.2, 0.25) is 0 Å². The molecule has 1 aliphatic heterocycles. The third kappa shape index (κ3) is 1.56. The smallest absolute Gasteiger partial charge is 0.335 e. The van der Waals surface area contributed by atoms with Gasteiger partial charge in [-0.25, -0.2) is 9.69 Å². The molecular weight excluding hydrogens is 282 g/mol. The number of hydrogen-bond donors (Lipinski definition) is 1. The van der Waals surface area contributed by atoms with Gasteiger partial charge in [0.05, 0.1) is 23.1 Å². The lowest BCUT2D eigenvalue weighted by Gasteiger charge is -2.19. The van der Waals surface area contributed by atoms with Crippen molar-refractivity contribution < 1.29 is 19.5 Å². The van der Waals surface area contributed by atoms with E-state index < -0.39 is 5.97 Å². The minimum Gasteiger partial charge on any atom is -0.478 e. The molecule has 5 nitrogen and oxygen atoms in total. The minimum absolute atomic E-state index is 0.0827. The number of carbonyl (C=O) groups is 3. The first-order valence-electron chi connectivity index (χ1n) is 7.39. The van der Waals surface area contributed by atoms with Crippen molar-refractivity contribution >= 4 is 23.5 Å². The zero-order valence-corrected chi connectivity index (χ0v) is 12.0. The van der Waals surface area contributed by atoms with E-state index in [1.54, 1.807) is 13.0 Å². The van der Waals surface area contributed by atoms with Gasteiger partial charge in [-0.2, -0.15) is 0 Å². The molecule has 4 atom stereocenters. The normalized spacial score (nSPS) is 32.0. The summed E-state index contributed by atoms with van der Waals surface area (Å²) in [5, 5.41) is 9.13. The van der Waals surface area contributed by atoms with Gasteiger partial charge in [0, 0.05) is 0 Å². The monoisotopic (exact) mass is 297 g/mol. The third-order valence-corrected chi connectivity index (χ3v) is 5.17. The van der Waals surface area contributed by atoms with Crippen LogP contribution >= 0.6 is 0 Å². The summed E-state index contributed by atoms with van der Waals surface area (Å²) in [7, 11) is 0. The summed E-state index contributed by atoms with van der Waals surface area (Å²) in [6, 6.07) is 4.54. The van der Waals surface area contributed by atoms with Crippen molar-refractivity contribution in [3.63, 3.8) is 0 Å². The molecule has 0 radical (unpaired) electrons. The van der Waals surface area contributed by atoms with E-state index >= 15 is 0 Å². The fourth-order valence-corrected chi connectivity index (χ4v) is 4.12. The van der Waals surface area contributed by atoms with E-state index in [2.05, 4.69) is 0 Å². The molecule has 22 heavy (non-hydrogen) atoms. The van der Waals surface area contributed by atoms with Crippen LogP contribution in [-0.4, -0.2) is 22.9 Å². The maximum atomic E-state index is 12.7. The molecule has 2 amide bonds. The van der Waals surface area contributed by atoms with Crippen molar-refractivity contribution in [3.8, 4) is 0 Å². The highest BCUT2D eigenvalue weighted by molar-refractivity contribution is 6.23. The Labute approximate surface area is 127 Å². The first-order chi connectivity index (χ1) is 10.5. The highest BCUT2D eigenvalue weighted by Gasteiger charge is 2.59. The second-order valence-corrected chi connectivity index (χ2v) is 6.32. The second-order valence-electron chi connectivity index (χ2n) is 6.32. The number of benzene rings is 1. The number of nitrogens with zero attached hydrogens (tertiary/aromatic N) is 1. The minimum atomic E-state index is -1.07. The fourth-order valence-electron chi connectivity index (χ4n) is 4.12. The molecule has 1 aromatic carbocycles. The van der Waals surface area contributed by atoms with E-state index in [-0.39, 0.29) is 41.0 Å². The molecule has 0 unspecified atom stereocenters. The number of anilines is 1. The Kier molecular flexibility index (Phi) is 2.58. The third-order valence-electron chi connectivity index (χ3n) is 5.17. The molecule has 1 saturated heterocycles. The topological polar surface area (TPSA) is 74.7 Å². The van der Waals surface area contributed by atoms with Gasteiger partial charge >= 0.3 is 5.97 Å². The summed E-state index contributed by atoms with van der Waals surface area (Å²) in [6.45, 7) is 1.78. The average molecular weight is 297 g/mol. The molecule has 4 rings (SSSR count). The Bertz CT molecular complexity index is 721. The van der Waals surface area contributed by atoms with Gasteiger partial charge in [0.1, 0.15) is 0 Å². The molecular formula is C17H15NO4. The first kappa shape index (κ1) is 13.2. The highest BCUT2D eigenvalue weighted by atomic mass is 16.4. The Morgan fingerprint density at radius 1 is 1.14 bits per heavy atom. The molecule has 2 fully saturated rings. The first-order valence-corrected chi connectivity index (χ1v) is 7.39. The molecule has 112 valence electrons. The Morgan fingerprint density at radius 2 is 1.73 bits per heavy atom. The SMILES string of the molecule is Cc1ccc(C(=O)O)cc1N1C(=O)[C@@H]2[C@@H](C1=O)[C@H]1C=C[C@@H]2C1. The van der Waals surface area contributed by atoms with Crippen LogP contribution < -0.4 is 4.90 Å². The number of carbonyl (C=O) groups excluding carboxylic acids is 2. The predicted molar refractivity (Wildman–Crippen MR) is 78.3 cm³/mol. The van der Waals surface area contributed by atoms with Gasteiger partial charge in [0.25, 0.3) is 0 Å². The van der Waals surface area contributed by atoms with Crippen LogP contribution in [0.5, 0.6) is 0 Å². The van der Waals surface area contributed by atoms with Crippen molar-refractivity contribution in [2.45, 2.75) is 13.3 Å². The number of carboxylic acids is 1. The number of rotatable bonds is 2. The van der Waals surface area contributed by atoms with Gasteiger partial charge in [-0.15, -0.1) is 0 Å². The lowest BCUT2D eigenvalue weighted by molar-refractivity contribution is -0.123. The fraction of sp³-hybridized carbons (Fsp3) is 0.353. The maximum absolute atomic E-state index is 12.7. The van der Waals surface area contributed by atoms with Crippen LogP contribution in [0.25, 0.3) is 0 Å². The summed E-state index contributed by atoms with van der Waals surface area (Å²) in [6.07, 6.45) is 4.97. The molecule has 0 aromatic heterocycles. The Balaban J connectivity index is 1.79. The maximum Gasteiger partial charge on any atom is 0.335 e. The molecule has 2 bridgehead atoms. The van der Waals surface area contributed by atoms with Crippen LogP contribution in [0.3, 0.4) is 0 Å². The molecule has 1 aromatic rings. The van der Waals surface area contributed by atoms with E-state index in [1.807, 2.05) is 12.2 Å². The van der Waals surface area contributed by atoms with Crippen molar-refractivity contribution in [3.05, 3.63) is 41.5 Å². The van der Waals surface area contributed by atoms with Crippen LogP contribution in [0.15, 0.2) is 30.4 Å². The van der Waals surface area contributed by atoms with Gasteiger partial charge in [-0.3, -0.25) is 9.59 Å². The second kappa shape index (κ2) is 4.29. The van der Waals surface area contributed by atoms with E-state index in [0.29, 0.717) is 5.69 Å². The lowest BCUT2D eigenvalue weighted by atomic mass is 9.85. The molecule has 1 N–H and O–H groups in total. The van der Waals surface area contributed by atoms with Gasteiger partial charge in [-0.1, -0.05) is 18.2 Å². The van der Waals surface area contributed by atoms with Crippen molar-refractivity contribution in [1.82, 2.24) is 0 Å². The van der Waals surface area contributed by atoms with Crippen LogP contribution in [0, 0.1) is 30.6 Å². The number of carboxylic acid groups (broad SMARTS) is 1. The summed E-state index contributed by atoms with van der Waals surface area (Å²) in [5.41, 5.74) is 1.22. The number of fused-ring (bicyclic) bond motifs is 5. The van der Waals surface area contributed by atoms with Crippen molar-refractivity contribution in [2.24, 2.45) is 23.7 Å². The molecule has 3 aliphatic rings. The van der Waals surface area contributed by atoms with Crippen LogP contribution in [0.4, 0.5) is 5.69 Å². The Hall–Kier alpha value is -2.43. The van der Waals surface area contributed by atoms with E-state index in [1.165, 1.54) is 17.0 Å². The summed E-state index contributed by atoms with van der Waals surface area (Å²) in [5.74, 6) is -1.66. The van der Waals surface area contributed by atoms with E-state index in [4.69, 9.17) is 5.11 Å². The molecule has 0 spiro atoms. The van der Waals surface area contributed by atoms with Gasteiger partial charge in [0.2, 0.25) is 11.8 Å². The van der Waals surface area contributed by atoms with Gasteiger partial charge < -0.3 is 5.11 Å². The number of aromatic carboxylic acids is 1. The van der Waals surface area contributed by atoms with E-state index in [9.17, 15) is 14.4 Å². The summed E-state index contributed by atoms with van der Waals surface area (Å²) in [4.78, 5) is 37.9. The van der Waals surface area contributed by atoms with Crippen LogP contribution in [0.1, 0.15) is 22.3 Å². The van der Waals surface area contributed by atoms with Crippen molar-refractivity contribution in [2.75, 3.05) is 4.90 Å². The number of hydrogen-bond acceptors (Lipinski definition) is 3. The quantitative estimate of drug-likeness (QED) is 0.669. The number of aryl methyl sites for hydroxylation is 1. The largest absolute Gasteiger partial charge is 0.478 e. The standard InChI is InChI=1S/C17H15NO4/c1-8-2-3-11(17(21)22)7-12(8)18-15(19)13-9-4-5-10(6-9)14(13)16(18)20/h2-5,7,9-10,13-14H,6H2,1H3,(H,21,22)/t9-,10+,13-,14-/m0/s1. The molecule has 1 heterocycles. The lowest BCUT2D eigenvalue weighted by Crippen LogP contribution is -2.33. The molecule has 2 aliphatic carbocycles. The summed E-state index contributed by atoms with van der Waals surface area (Å²) >= 11 is 0. The molecule has 5 heteroatoms. The van der Waals surface area contributed by atoms with Crippen molar-refractivity contribution in [1.29, 1.82) is 0 Å². The zero-order valence-electron chi connectivity index (χ0n) is 12.0. The van der Waals surface area contributed by atoms with Crippen LogP contribution in [-0.2, 0) is 9.59 Å². The average Bonchev–Trinajstić information content (AvgIpc) is 3.14. The Morgan fingerprint density at radius 3 is 2.27 bits per heavy atom. The van der Waals surface area contributed by atoms with Gasteiger partial charge in [0.15, 0.2) is 0 Å².